The number of rotatable bonds is 8. The lowest BCUT2D eigenvalue weighted by Gasteiger charge is -2.19. The molecular weight excluding hydrogens is 172 g/mol. The zero-order valence-corrected chi connectivity index (χ0v) is 8.40. The smallest absolute Gasteiger partial charge is 0.160 e. The maximum absolute atomic E-state index is 9.35. The third kappa shape index (κ3) is 6.95. The lowest BCUT2D eigenvalue weighted by molar-refractivity contribution is -0.153. The van der Waals surface area contributed by atoms with Crippen LogP contribution in [0, 0.1) is 0 Å². The van der Waals surface area contributed by atoms with Gasteiger partial charge in [0, 0.05) is 26.2 Å². The molecule has 0 bridgehead atoms. The van der Waals surface area contributed by atoms with E-state index in [0.717, 1.165) is 0 Å². The summed E-state index contributed by atoms with van der Waals surface area (Å²) >= 11 is 0. The van der Waals surface area contributed by atoms with Crippen LogP contribution in [0.25, 0.3) is 0 Å². The summed E-state index contributed by atoms with van der Waals surface area (Å²) in [6, 6.07) is 0. The molecule has 0 radical (unpaired) electrons. The summed E-state index contributed by atoms with van der Waals surface area (Å²) in [5, 5.41) is 17.9. The van der Waals surface area contributed by atoms with E-state index in [1.165, 1.54) is 0 Å². The van der Waals surface area contributed by atoms with Crippen molar-refractivity contribution in [2.45, 2.75) is 39.1 Å². The molecule has 0 aliphatic carbocycles. The van der Waals surface area contributed by atoms with Gasteiger partial charge >= 0.3 is 0 Å². The molecule has 0 amide bonds. The molecule has 2 N–H and O–H groups in total. The van der Waals surface area contributed by atoms with Crippen LogP contribution in [0.15, 0.2) is 0 Å². The molecule has 0 spiro atoms. The highest BCUT2D eigenvalue weighted by molar-refractivity contribution is 4.57. The van der Waals surface area contributed by atoms with Gasteiger partial charge in [-0.2, -0.15) is 0 Å². The van der Waals surface area contributed by atoms with E-state index in [4.69, 9.17) is 14.6 Å². The lowest BCUT2D eigenvalue weighted by atomic mass is 10.2. The van der Waals surface area contributed by atoms with Crippen LogP contribution in [0.3, 0.4) is 0 Å². The Morgan fingerprint density at radius 2 is 1.69 bits per heavy atom. The standard InChI is InChI=1S/C9H20O4/c1-3-12-9(13-4-2)7-8(11)5-6-10/h8-11H,3-7H2,1-2H3/t8-/m1/s1. The average molecular weight is 192 g/mol. The van der Waals surface area contributed by atoms with Gasteiger partial charge in [-0.25, -0.2) is 0 Å². The Balaban J connectivity index is 3.64. The normalized spacial score (nSPS) is 13.6. The summed E-state index contributed by atoms with van der Waals surface area (Å²) in [6.07, 6.45) is -0.108. The number of aliphatic hydroxyl groups is 2. The summed E-state index contributed by atoms with van der Waals surface area (Å²) in [7, 11) is 0. The molecule has 4 nitrogen and oxygen atoms in total. The topological polar surface area (TPSA) is 58.9 Å². The molecule has 0 aliphatic heterocycles. The van der Waals surface area contributed by atoms with Crippen molar-refractivity contribution in [2.75, 3.05) is 19.8 Å². The summed E-state index contributed by atoms with van der Waals surface area (Å²) in [5.74, 6) is 0. The third-order valence-corrected chi connectivity index (χ3v) is 1.63. The van der Waals surface area contributed by atoms with E-state index >= 15 is 0 Å². The number of ether oxygens (including phenoxy) is 2. The van der Waals surface area contributed by atoms with E-state index in [-0.39, 0.29) is 12.9 Å². The van der Waals surface area contributed by atoms with Crippen LogP contribution in [0.1, 0.15) is 26.7 Å². The number of aliphatic hydroxyl groups excluding tert-OH is 2. The van der Waals surface area contributed by atoms with Gasteiger partial charge in [-0.05, 0) is 20.3 Å². The molecule has 0 heterocycles. The van der Waals surface area contributed by atoms with Gasteiger partial charge in [0.05, 0.1) is 6.10 Å². The van der Waals surface area contributed by atoms with Crippen molar-refractivity contribution in [3.63, 3.8) is 0 Å². The summed E-state index contributed by atoms with van der Waals surface area (Å²) < 4.78 is 10.5. The molecule has 0 aromatic heterocycles. The molecule has 0 fully saturated rings. The van der Waals surface area contributed by atoms with Crippen molar-refractivity contribution in [3.8, 4) is 0 Å². The highest BCUT2D eigenvalue weighted by atomic mass is 16.7. The van der Waals surface area contributed by atoms with E-state index in [2.05, 4.69) is 0 Å². The highest BCUT2D eigenvalue weighted by Crippen LogP contribution is 2.07. The Morgan fingerprint density at radius 1 is 1.15 bits per heavy atom. The summed E-state index contributed by atoms with van der Waals surface area (Å²) in [5.41, 5.74) is 0. The van der Waals surface area contributed by atoms with Gasteiger partial charge in [-0.1, -0.05) is 0 Å². The van der Waals surface area contributed by atoms with E-state index in [0.29, 0.717) is 26.1 Å². The Labute approximate surface area is 79.5 Å². The zero-order chi connectivity index (χ0) is 10.1. The molecule has 0 rings (SSSR count). The first kappa shape index (κ1) is 12.8. The van der Waals surface area contributed by atoms with Crippen LogP contribution < -0.4 is 0 Å². The van der Waals surface area contributed by atoms with Gasteiger partial charge in [0.25, 0.3) is 0 Å². The van der Waals surface area contributed by atoms with Gasteiger partial charge in [-0.3, -0.25) is 0 Å². The molecule has 0 aromatic carbocycles. The Morgan fingerprint density at radius 3 is 2.08 bits per heavy atom. The van der Waals surface area contributed by atoms with Crippen molar-refractivity contribution in [3.05, 3.63) is 0 Å². The molecule has 0 aliphatic rings. The van der Waals surface area contributed by atoms with Crippen LogP contribution in [0.4, 0.5) is 0 Å². The van der Waals surface area contributed by atoms with Gasteiger partial charge in [-0.15, -0.1) is 0 Å². The summed E-state index contributed by atoms with van der Waals surface area (Å²) in [6.45, 7) is 4.88. The van der Waals surface area contributed by atoms with Crippen LogP contribution >= 0.6 is 0 Å². The number of hydrogen-bond acceptors (Lipinski definition) is 4. The average Bonchev–Trinajstić information content (AvgIpc) is 2.05. The lowest BCUT2D eigenvalue weighted by Crippen LogP contribution is -2.24. The van der Waals surface area contributed by atoms with Crippen molar-refractivity contribution >= 4 is 0 Å². The maximum Gasteiger partial charge on any atom is 0.160 e. The highest BCUT2D eigenvalue weighted by Gasteiger charge is 2.13. The quantitative estimate of drug-likeness (QED) is 0.550. The van der Waals surface area contributed by atoms with E-state index in [1.54, 1.807) is 0 Å². The summed E-state index contributed by atoms with van der Waals surface area (Å²) in [4.78, 5) is 0. The van der Waals surface area contributed by atoms with Crippen LogP contribution in [-0.2, 0) is 9.47 Å². The first-order valence-electron chi connectivity index (χ1n) is 4.76. The number of hydrogen-bond donors (Lipinski definition) is 2. The fourth-order valence-electron chi connectivity index (χ4n) is 1.05. The Bertz CT molecular complexity index is 102. The predicted molar refractivity (Wildman–Crippen MR) is 49.4 cm³/mol. The molecule has 0 unspecified atom stereocenters. The fourth-order valence-corrected chi connectivity index (χ4v) is 1.05. The molecule has 13 heavy (non-hydrogen) atoms. The molecular formula is C9H20O4. The van der Waals surface area contributed by atoms with Gasteiger partial charge < -0.3 is 19.7 Å². The second-order valence-electron chi connectivity index (χ2n) is 2.74. The molecule has 0 saturated heterocycles. The SMILES string of the molecule is CCOC(C[C@H](O)CCO)OCC. The molecule has 4 heteroatoms. The maximum atomic E-state index is 9.35. The minimum absolute atomic E-state index is 0.00780. The van der Waals surface area contributed by atoms with Crippen LogP contribution in [0.2, 0.25) is 0 Å². The first-order chi connectivity index (χ1) is 6.24. The van der Waals surface area contributed by atoms with E-state index in [1.807, 2.05) is 13.8 Å². The molecule has 0 saturated carbocycles. The predicted octanol–water partition coefficient (Wildman–Crippen LogP) is 0.519. The Kier molecular flexibility index (Phi) is 8.33. The zero-order valence-electron chi connectivity index (χ0n) is 8.40. The minimum atomic E-state index is -0.548. The van der Waals surface area contributed by atoms with Crippen LogP contribution in [0.5, 0.6) is 0 Å². The van der Waals surface area contributed by atoms with Crippen LogP contribution in [-0.4, -0.2) is 42.4 Å². The first-order valence-corrected chi connectivity index (χ1v) is 4.76. The van der Waals surface area contributed by atoms with E-state index < -0.39 is 6.10 Å². The Hall–Kier alpha value is -0.160. The van der Waals surface area contributed by atoms with Crippen molar-refractivity contribution < 1.29 is 19.7 Å². The third-order valence-electron chi connectivity index (χ3n) is 1.63. The van der Waals surface area contributed by atoms with Crippen molar-refractivity contribution in [1.82, 2.24) is 0 Å². The second-order valence-corrected chi connectivity index (χ2v) is 2.74. The van der Waals surface area contributed by atoms with Gasteiger partial charge in [0.2, 0.25) is 0 Å². The van der Waals surface area contributed by atoms with Crippen molar-refractivity contribution in [1.29, 1.82) is 0 Å². The van der Waals surface area contributed by atoms with Crippen molar-refractivity contribution in [2.24, 2.45) is 0 Å². The largest absolute Gasteiger partial charge is 0.396 e. The van der Waals surface area contributed by atoms with E-state index in [9.17, 15) is 5.11 Å². The minimum Gasteiger partial charge on any atom is -0.396 e. The van der Waals surface area contributed by atoms with Gasteiger partial charge in [0.15, 0.2) is 6.29 Å². The van der Waals surface area contributed by atoms with Gasteiger partial charge in [0.1, 0.15) is 0 Å². The molecule has 80 valence electrons. The fraction of sp³-hybridized carbons (Fsp3) is 1.00. The second kappa shape index (κ2) is 8.44. The monoisotopic (exact) mass is 192 g/mol. The molecule has 1 atom stereocenters. The molecule has 0 aromatic rings.